The Balaban J connectivity index is 3.07. The second-order valence-corrected chi connectivity index (χ2v) is 6.51. The van der Waals surface area contributed by atoms with E-state index in [1.165, 1.54) is 11.8 Å². The number of rotatable bonds is 2. The smallest absolute Gasteiger partial charge is 0.419 e. The van der Waals surface area contributed by atoms with Gasteiger partial charge < -0.3 is 5.11 Å². The second kappa shape index (κ2) is 4.33. The van der Waals surface area contributed by atoms with Crippen molar-refractivity contribution in [2.45, 2.75) is 32.4 Å². The van der Waals surface area contributed by atoms with Crippen molar-refractivity contribution in [3.63, 3.8) is 0 Å². The Morgan fingerprint density at radius 3 is 2.31 bits per heavy atom. The van der Waals surface area contributed by atoms with Crippen molar-refractivity contribution in [2.24, 2.45) is 11.8 Å². The minimum atomic E-state index is -1.29. The maximum atomic E-state index is 12.1. The minimum absolute atomic E-state index is 0.0623. The van der Waals surface area contributed by atoms with E-state index in [0.29, 0.717) is 4.90 Å². The summed E-state index contributed by atoms with van der Waals surface area (Å²) in [5.41, 5.74) is 0. The van der Waals surface area contributed by atoms with E-state index in [9.17, 15) is 9.59 Å². The molecule has 1 N–H and O–H groups in total. The Morgan fingerprint density at radius 1 is 1.50 bits per heavy atom. The van der Waals surface area contributed by atoms with Crippen LogP contribution in [-0.4, -0.2) is 31.1 Å². The van der Waals surface area contributed by atoms with Crippen LogP contribution in [0.5, 0.6) is 0 Å². The maximum Gasteiger partial charge on any atom is 0.419 e. The molecule has 0 saturated carbocycles. The molecule has 0 aromatic carbocycles. The van der Waals surface area contributed by atoms with Crippen molar-refractivity contribution in [2.75, 3.05) is 0 Å². The van der Waals surface area contributed by atoms with Crippen LogP contribution in [0.4, 0.5) is 4.79 Å². The lowest BCUT2D eigenvalue weighted by atomic mass is 9.84. The Morgan fingerprint density at radius 2 is 2.00 bits per heavy atom. The lowest BCUT2D eigenvalue weighted by Gasteiger charge is -2.30. The molecule has 6 heteroatoms. The fourth-order valence-corrected chi connectivity index (χ4v) is 3.60. The molecule has 0 bridgehead atoms. The first kappa shape index (κ1) is 13.4. The summed E-state index contributed by atoms with van der Waals surface area (Å²) in [5.74, 6) is -0.0681. The molecule has 2 amide bonds. The van der Waals surface area contributed by atoms with Crippen molar-refractivity contribution in [1.82, 2.24) is 4.90 Å². The summed E-state index contributed by atoms with van der Waals surface area (Å²) in [6.45, 7) is 7.73. The predicted octanol–water partition coefficient (Wildman–Crippen LogP) is 2.58. The summed E-state index contributed by atoms with van der Waals surface area (Å²) >= 11 is 6.11. The SMILES string of the molecule is CC(C)C(C)C1(C)SC(=S)N(C(=O)O)C1=O. The van der Waals surface area contributed by atoms with Crippen LogP contribution in [0.15, 0.2) is 0 Å². The van der Waals surface area contributed by atoms with Gasteiger partial charge in [-0.25, -0.2) is 4.79 Å². The van der Waals surface area contributed by atoms with Crippen LogP contribution in [0.2, 0.25) is 0 Å². The van der Waals surface area contributed by atoms with Crippen LogP contribution in [0, 0.1) is 11.8 Å². The van der Waals surface area contributed by atoms with Crippen molar-refractivity contribution in [3.05, 3.63) is 0 Å². The number of imide groups is 1. The van der Waals surface area contributed by atoms with E-state index in [0.717, 1.165) is 0 Å². The Bertz CT molecular complexity index is 356. The van der Waals surface area contributed by atoms with Crippen LogP contribution in [0.3, 0.4) is 0 Å². The van der Waals surface area contributed by atoms with E-state index in [-0.39, 0.29) is 16.2 Å². The van der Waals surface area contributed by atoms with E-state index in [2.05, 4.69) is 0 Å². The average molecular weight is 261 g/mol. The molecule has 1 heterocycles. The molecule has 90 valence electrons. The number of thiocarbonyl (C=S) groups is 1. The van der Waals surface area contributed by atoms with Gasteiger partial charge in [0.05, 0.1) is 0 Å². The van der Waals surface area contributed by atoms with Crippen LogP contribution in [-0.2, 0) is 4.79 Å². The summed E-state index contributed by atoms with van der Waals surface area (Å²) in [5, 5.41) is 8.91. The highest BCUT2D eigenvalue weighted by Crippen LogP contribution is 2.45. The number of thioether (sulfide) groups is 1. The molecule has 0 radical (unpaired) electrons. The predicted molar refractivity (Wildman–Crippen MR) is 67.5 cm³/mol. The van der Waals surface area contributed by atoms with Gasteiger partial charge in [0.15, 0.2) is 4.32 Å². The number of carbonyl (C=O) groups is 2. The average Bonchev–Trinajstić information content (AvgIpc) is 2.37. The van der Waals surface area contributed by atoms with Crippen LogP contribution in [0.1, 0.15) is 27.7 Å². The molecule has 4 nitrogen and oxygen atoms in total. The van der Waals surface area contributed by atoms with Crippen LogP contribution < -0.4 is 0 Å². The van der Waals surface area contributed by atoms with Gasteiger partial charge in [0.25, 0.3) is 5.91 Å². The van der Waals surface area contributed by atoms with E-state index in [1.807, 2.05) is 20.8 Å². The molecule has 2 atom stereocenters. The molecule has 1 fully saturated rings. The molecular weight excluding hydrogens is 246 g/mol. The third kappa shape index (κ3) is 1.96. The molecule has 1 aliphatic rings. The highest BCUT2D eigenvalue weighted by Gasteiger charge is 2.53. The second-order valence-electron chi connectivity index (χ2n) is 4.43. The topological polar surface area (TPSA) is 57.6 Å². The van der Waals surface area contributed by atoms with Crippen molar-refractivity contribution in [1.29, 1.82) is 0 Å². The first-order valence-corrected chi connectivity index (χ1v) is 6.24. The van der Waals surface area contributed by atoms with Gasteiger partial charge in [-0.2, -0.15) is 4.90 Å². The van der Waals surface area contributed by atoms with Gasteiger partial charge in [-0.3, -0.25) is 4.79 Å². The monoisotopic (exact) mass is 261 g/mol. The van der Waals surface area contributed by atoms with Gasteiger partial charge in [-0.15, -0.1) is 0 Å². The van der Waals surface area contributed by atoms with Crippen molar-refractivity contribution >= 4 is 40.3 Å². The van der Waals surface area contributed by atoms with Crippen LogP contribution in [0.25, 0.3) is 0 Å². The molecule has 16 heavy (non-hydrogen) atoms. The normalized spacial score (nSPS) is 27.7. The minimum Gasteiger partial charge on any atom is -0.464 e. The summed E-state index contributed by atoms with van der Waals surface area (Å²) < 4.78 is -0.628. The zero-order chi connectivity index (χ0) is 12.7. The van der Waals surface area contributed by atoms with Gasteiger partial charge in [0, 0.05) is 0 Å². The summed E-state index contributed by atoms with van der Waals surface area (Å²) in [6, 6.07) is 0. The lowest BCUT2D eigenvalue weighted by Crippen LogP contribution is -2.45. The molecule has 0 aromatic rings. The van der Waals surface area contributed by atoms with Crippen LogP contribution >= 0.6 is 24.0 Å². The number of hydrogen-bond acceptors (Lipinski definition) is 4. The van der Waals surface area contributed by atoms with E-state index >= 15 is 0 Å². The standard InChI is InChI=1S/C10H15NO3S2/c1-5(2)6(3)10(4)7(12)11(8(13)14)9(15)16-10/h5-6H,1-4H3,(H,13,14). The largest absolute Gasteiger partial charge is 0.464 e. The first-order valence-electron chi connectivity index (χ1n) is 5.02. The van der Waals surface area contributed by atoms with Gasteiger partial charge >= 0.3 is 6.09 Å². The van der Waals surface area contributed by atoms with Gasteiger partial charge in [0.1, 0.15) is 4.75 Å². The Labute approximate surface area is 104 Å². The van der Waals surface area contributed by atoms with Crippen molar-refractivity contribution in [3.8, 4) is 0 Å². The molecular formula is C10H15NO3S2. The number of amides is 2. The summed E-state index contributed by atoms with van der Waals surface area (Å²) in [7, 11) is 0. The Kier molecular flexibility index (Phi) is 3.64. The fraction of sp³-hybridized carbons (Fsp3) is 0.700. The third-order valence-corrected chi connectivity index (χ3v) is 4.93. The molecule has 2 unspecified atom stereocenters. The van der Waals surface area contributed by atoms with E-state index < -0.39 is 16.7 Å². The first-order chi connectivity index (χ1) is 7.21. The fourth-order valence-electron chi connectivity index (χ4n) is 1.66. The number of carbonyl (C=O) groups excluding carboxylic acids is 1. The highest BCUT2D eigenvalue weighted by atomic mass is 32.2. The highest BCUT2D eigenvalue weighted by molar-refractivity contribution is 8.25. The van der Waals surface area contributed by atoms with Gasteiger partial charge in [-0.1, -0.05) is 44.8 Å². The van der Waals surface area contributed by atoms with Crippen molar-refractivity contribution < 1.29 is 14.7 Å². The molecule has 1 rings (SSSR count). The number of carboxylic acid groups (broad SMARTS) is 1. The maximum absolute atomic E-state index is 12.1. The molecule has 0 spiro atoms. The zero-order valence-corrected chi connectivity index (χ0v) is 11.3. The molecule has 0 aliphatic carbocycles. The summed E-state index contributed by atoms with van der Waals surface area (Å²) in [6.07, 6.45) is -1.29. The summed E-state index contributed by atoms with van der Waals surface area (Å²) in [4.78, 5) is 23.6. The Hall–Kier alpha value is -0.620. The number of nitrogens with zero attached hydrogens (tertiary/aromatic N) is 1. The third-order valence-electron chi connectivity index (χ3n) is 3.17. The molecule has 1 aliphatic heterocycles. The van der Waals surface area contributed by atoms with E-state index in [1.54, 1.807) is 6.92 Å². The molecule has 1 saturated heterocycles. The number of hydrogen-bond donors (Lipinski definition) is 1. The van der Waals surface area contributed by atoms with E-state index in [4.69, 9.17) is 17.3 Å². The molecule has 0 aromatic heterocycles. The van der Waals surface area contributed by atoms with Gasteiger partial charge in [-0.05, 0) is 18.8 Å². The van der Waals surface area contributed by atoms with Gasteiger partial charge in [0.2, 0.25) is 0 Å². The quantitative estimate of drug-likeness (QED) is 0.774. The lowest BCUT2D eigenvalue weighted by molar-refractivity contribution is -0.128. The zero-order valence-electron chi connectivity index (χ0n) is 9.68.